The maximum atomic E-state index is 11.8. The van der Waals surface area contributed by atoms with Gasteiger partial charge >= 0.3 is 12.1 Å². The van der Waals surface area contributed by atoms with Crippen molar-refractivity contribution in [2.45, 2.75) is 65.4 Å². The lowest BCUT2D eigenvalue weighted by molar-refractivity contribution is -0.140. The third kappa shape index (κ3) is 14.9. The molecule has 0 saturated carbocycles. The number of ether oxygens (including phenoxy) is 2. The first-order valence-corrected chi connectivity index (χ1v) is 10.9. The van der Waals surface area contributed by atoms with Gasteiger partial charge in [0.25, 0.3) is 0 Å². The van der Waals surface area contributed by atoms with Crippen LogP contribution in [0.25, 0.3) is 0 Å². The number of benzene rings is 1. The highest BCUT2D eigenvalue weighted by Crippen LogP contribution is 2.13. The van der Waals surface area contributed by atoms with Crippen molar-refractivity contribution in [2.75, 3.05) is 32.1 Å². The summed E-state index contributed by atoms with van der Waals surface area (Å²) in [6.45, 7) is 9.77. The Morgan fingerprint density at radius 2 is 1.72 bits per heavy atom. The van der Waals surface area contributed by atoms with Gasteiger partial charge in [0, 0.05) is 31.7 Å². The van der Waals surface area contributed by atoms with Crippen molar-refractivity contribution in [3.05, 3.63) is 29.8 Å². The number of unbranched alkanes of at least 4 members (excludes halogenated alkanes) is 2. The molecule has 1 aromatic carbocycles. The van der Waals surface area contributed by atoms with Crippen LogP contribution in [-0.2, 0) is 20.7 Å². The number of nitrogens with one attached hydrogen (secondary N) is 3. The smallest absolute Gasteiger partial charge is 0.412 e. The molecule has 0 fully saturated rings. The minimum Gasteiger partial charge on any atom is -0.469 e. The number of esters is 1. The lowest BCUT2D eigenvalue weighted by Crippen LogP contribution is -2.38. The Labute approximate surface area is 209 Å². The Balaban J connectivity index is 0.00000961. The highest BCUT2D eigenvalue weighted by Gasteiger charge is 2.16. The molecule has 0 aliphatic carbocycles. The SMILES string of the molecule is CCNC(=NCCCCCC(=O)OC)NCCc1ccc(NC(=O)OC(C)(C)C)cc1.I. The van der Waals surface area contributed by atoms with Gasteiger partial charge in [-0.25, -0.2) is 4.79 Å². The number of carbonyl (C=O) groups is 2. The van der Waals surface area contributed by atoms with E-state index in [1.54, 1.807) is 0 Å². The van der Waals surface area contributed by atoms with Crippen LogP contribution in [0.1, 0.15) is 58.9 Å². The number of hydrogen-bond donors (Lipinski definition) is 3. The van der Waals surface area contributed by atoms with E-state index in [1.165, 1.54) is 7.11 Å². The second kappa shape index (κ2) is 16.6. The predicted octanol–water partition coefficient (Wildman–Crippen LogP) is 4.48. The zero-order valence-corrected chi connectivity index (χ0v) is 22.3. The summed E-state index contributed by atoms with van der Waals surface area (Å²) in [6.07, 6.45) is 3.53. The lowest BCUT2D eigenvalue weighted by Gasteiger charge is -2.19. The van der Waals surface area contributed by atoms with Crippen molar-refractivity contribution in [1.82, 2.24) is 10.6 Å². The van der Waals surface area contributed by atoms with Crippen LogP contribution in [0.2, 0.25) is 0 Å². The number of rotatable bonds is 11. The zero-order chi connectivity index (χ0) is 23.1. The first-order valence-electron chi connectivity index (χ1n) is 10.9. The summed E-state index contributed by atoms with van der Waals surface area (Å²) >= 11 is 0. The van der Waals surface area contributed by atoms with Crippen LogP contribution in [-0.4, -0.2) is 50.4 Å². The Kier molecular flexibility index (Phi) is 15.5. The Morgan fingerprint density at radius 1 is 1.03 bits per heavy atom. The molecule has 0 aliphatic rings. The number of halogens is 1. The molecule has 0 bridgehead atoms. The standard InChI is InChI=1S/C23H38N4O4.HI/c1-6-24-21(25-16-9-7-8-10-20(28)30-5)26-17-15-18-11-13-19(14-12-18)27-22(29)31-23(2,3)4;/h11-14H,6-10,15-17H2,1-5H3,(H,27,29)(H2,24,25,26);1H. The van der Waals surface area contributed by atoms with Gasteiger partial charge in [-0.3, -0.25) is 15.1 Å². The summed E-state index contributed by atoms with van der Waals surface area (Å²) in [6, 6.07) is 7.71. The van der Waals surface area contributed by atoms with Crippen molar-refractivity contribution in [3.8, 4) is 0 Å². The maximum Gasteiger partial charge on any atom is 0.412 e. The van der Waals surface area contributed by atoms with Gasteiger partial charge in [0.15, 0.2) is 5.96 Å². The van der Waals surface area contributed by atoms with Gasteiger partial charge in [-0.2, -0.15) is 0 Å². The normalized spacial score (nSPS) is 11.2. The lowest BCUT2D eigenvalue weighted by atomic mass is 10.1. The summed E-state index contributed by atoms with van der Waals surface area (Å²) < 4.78 is 9.89. The summed E-state index contributed by atoms with van der Waals surface area (Å²) in [5.74, 6) is 0.630. The Morgan fingerprint density at radius 3 is 2.31 bits per heavy atom. The Bertz CT molecular complexity index is 703. The van der Waals surface area contributed by atoms with Gasteiger partial charge in [-0.05, 0) is 64.7 Å². The predicted molar refractivity (Wildman–Crippen MR) is 140 cm³/mol. The van der Waals surface area contributed by atoms with Crippen molar-refractivity contribution < 1.29 is 19.1 Å². The van der Waals surface area contributed by atoms with Crippen molar-refractivity contribution in [2.24, 2.45) is 4.99 Å². The molecule has 182 valence electrons. The number of carbonyl (C=O) groups excluding carboxylic acids is 2. The van der Waals surface area contributed by atoms with Crippen LogP contribution >= 0.6 is 24.0 Å². The van der Waals surface area contributed by atoms with E-state index in [-0.39, 0.29) is 29.9 Å². The number of anilines is 1. The molecule has 8 nitrogen and oxygen atoms in total. The van der Waals surface area contributed by atoms with Gasteiger partial charge < -0.3 is 20.1 Å². The molecule has 0 saturated heterocycles. The van der Waals surface area contributed by atoms with Crippen LogP contribution in [0.15, 0.2) is 29.3 Å². The monoisotopic (exact) mass is 562 g/mol. The molecule has 0 heterocycles. The number of hydrogen-bond acceptors (Lipinski definition) is 5. The van der Waals surface area contributed by atoms with Crippen LogP contribution < -0.4 is 16.0 Å². The molecular formula is C23H39IN4O4. The molecule has 9 heteroatoms. The number of methoxy groups -OCH3 is 1. The molecule has 0 aliphatic heterocycles. The third-order valence-electron chi connectivity index (χ3n) is 4.19. The van der Waals surface area contributed by atoms with Crippen LogP contribution in [0.3, 0.4) is 0 Å². The van der Waals surface area contributed by atoms with E-state index in [2.05, 4.69) is 25.7 Å². The third-order valence-corrected chi connectivity index (χ3v) is 4.19. The first kappa shape index (κ1) is 30.0. The average molecular weight is 562 g/mol. The topological polar surface area (TPSA) is 101 Å². The van der Waals surface area contributed by atoms with Crippen molar-refractivity contribution in [3.63, 3.8) is 0 Å². The van der Waals surface area contributed by atoms with Gasteiger partial charge in [0.2, 0.25) is 0 Å². The van der Waals surface area contributed by atoms with Gasteiger partial charge in [-0.15, -0.1) is 24.0 Å². The fourth-order valence-electron chi connectivity index (χ4n) is 2.69. The van der Waals surface area contributed by atoms with E-state index in [1.807, 2.05) is 52.0 Å². The van der Waals surface area contributed by atoms with E-state index >= 15 is 0 Å². The fourth-order valence-corrected chi connectivity index (χ4v) is 2.69. The molecule has 0 radical (unpaired) electrons. The van der Waals surface area contributed by atoms with E-state index in [0.717, 1.165) is 50.3 Å². The van der Waals surface area contributed by atoms with E-state index in [0.29, 0.717) is 18.7 Å². The molecule has 0 unspecified atom stereocenters. The zero-order valence-electron chi connectivity index (χ0n) is 20.0. The van der Waals surface area contributed by atoms with Crippen LogP contribution in [0.4, 0.5) is 10.5 Å². The number of nitrogens with zero attached hydrogens (tertiary/aromatic N) is 1. The summed E-state index contributed by atoms with van der Waals surface area (Å²) in [7, 11) is 1.41. The second-order valence-electron chi connectivity index (χ2n) is 8.15. The molecular weight excluding hydrogens is 523 g/mol. The first-order chi connectivity index (χ1) is 14.7. The van der Waals surface area contributed by atoms with Crippen molar-refractivity contribution in [1.29, 1.82) is 0 Å². The molecule has 0 aromatic heterocycles. The molecule has 32 heavy (non-hydrogen) atoms. The highest BCUT2D eigenvalue weighted by molar-refractivity contribution is 14.0. The minimum absolute atomic E-state index is 0. The molecule has 3 N–H and O–H groups in total. The molecule has 0 spiro atoms. The fraction of sp³-hybridized carbons (Fsp3) is 0.609. The number of amides is 1. The van der Waals surface area contributed by atoms with Crippen molar-refractivity contribution >= 4 is 47.7 Å². The van der Waals surface area contributed by atoms with Gasteiger partial charge in [0.1, 0.15) is 5.60 Å². The molecule has 1 amide bonds. The number of guanidine groups is 1. The van der Waals surface area contributed by atoms with E-state index in [4.69, 9.17) is 4.74 Å². The maximum absolute atomic E-state index is 11.8. The quantitative estimate of drug-likeness (QED) is 0.121. The number of aliphatic imine (C=N–C) groups is 1. The summed E-state index contributed by atoms with van der Waals surface area (Å²) in [5, 5.41) is 9.31. The summed E-state index contributed by atoms with van der Waals surface area (Å²) in [4.78, 5) is 27.5. The summed E-state index contributed by atoms with van der Waals surface area (Å²) in [5.41, 5.74) is 1.33. The average Bonchev–Trinajstić information content (AvgIpc) is 2.70. The molecule has 0 atom stereocenters. The second-order valence-corrected chi connectivity index (χ2v) is 8.15. The van der Waals surface area contributed by atoms with E-state index in [9.17, 15) is 9.59 Å². The largest absolute Gasteiger partial charge is 0.469 e. The molecule has 1 rings (SSSR count). The van der Waals surface area contributed by atoms with Crippen LogP contribution in [0, 0.1) is 0 Å². The van der Waals surface area contributed by atoms with E-state index < -0.39 is 11.7 Å². The minimum atomic E-state index is -0.523. The Hall–Kier alpha value is -2.04. The van der Waals surface area contributed by atoms with Gasteiger partial charge in [-0.1, -0.05) is 18.6 Å². The molecule has 1 aromatic rings. The van der Waals surface area contributed by atoms with Crippen LogP contribution in [0.5, 0.6) is 0 Å². The van der Waals surface area contributed by atoms with Gasteiger partial charge in [0.05, 0.1) is 7.11 Å². The highest BCUT2D eigenvalue weighted by atomic mass is 127.